The quantitative estimate of drug-likeness (QED) is 0.519. The molecule has 4 rings (SSSR count). The molecule has 4 nitrogen and oxygen atoms in total. The fraction of sp³-hybridized carbons (Fsp3) is 0.182. The zero-order valence-corrected chi connectivity index (χ0v) is 15.1. The number of rotatable bonds is 3. The third-order valence-electron chi connectivity index (χ3n) is 4.67. The minimum atomic E-state index is -0.348. The second-order valence-electron chi connectivity index (χ2n) is 7.08. The van der Waals surface area contributed by atoms with Crippen LogP contribution in [0.3, 0.4) is 0 Å². The third kappa shape index (κ3) is 2.85. The van der Waals surface area contributed by atoms with Crippen LogP contribution in [0.25, 0.3) is 22.2 Å². The maximum absolute atomic E-state index is 13.5. The van der Waals surface area contributed by atoms with Crippen molar-refractivity contribution in [3.8, 4) is 11.3 Å². The van der Waals surface area contributed by atoms with E-state index in [0.717, 1.165) is 17.4 Å². The van der Waals surface area contributed by atoms with E-state index in [-0.39, 0.29) is 16.9 Å². The average molecular weight is 362 g/mol. The van der Waals surface area contributed by atoms with Crippen LogP contribution in [0.2, 0.25) is 0 Å². The summed E-state index contributed by atoms with van der Waals surface area (Å²) >= 11 is 0. The lowest BCUT2D eigenvalue weighted by Crippen LogP contribution is -2.31. The van der Waals surface area contributed by atoms with Crippen LogP contribution in [0.15, 0.2) is 70.3 Å². The van der Waals surface area contributed by atoms with Crippen molar-refractivity contribution < 1.29 is 4.39 Å². The van der Waals surface area contributed by atoms with Gasteiger partial charge in [0.15, 0.2) is 0 Å². The van der Waals surface area contributed by atoms with E-state index in [1.165, 1.54) is 33.3 Å². The highest BCUT2D eigenvalue weighted by molar-refractivity contribution is 5.87. The van der Waals surface area contributed by atoms with Crippen molar-refractivity contribution in [1.29, 1.82) is 0 Å². The molecule has 0 bridgehead atoms. The highest BCUT2D eigenvalue weighted by Gasteiger charge is 2.18. The van der Waals surface area contributed by atoms with Gasteiger partial charge in [0.1, 0.15) is 5.82 Å². The summed E-state index contributed by atoms with van der Waals surface area (Å²) in [5.41, 5.74) is 2.39. The minimum absolute atomic E-state index is 0.287. The topological polar surface area (TPSA) is 43.0 Å². The second kappa shape index (κ2) is 6.50. The van der Waals surface area contributed by atoms with Gasteiger partial charge >= 0.3 is 0 Å². The van der Waals surface area contributed by atoms with E-state index in [0.29, 0.717) is 22.7 Å². The van der Waals surface area contributed by atoms with Crippen LogP contribution in [-0.4, -0.2) is 9.03 Å². The molecule has 0 spiro atoms. The van der Waals surface area contributed by atoms with Gasteiger partial charge in [-0.05, 0) is 48.2 Å². The zero-order valence-electron chi connectivity index (χ0n) is 15.1. The van der Waals surface area contributed by atoms with Gasteiger partial charge in [-0.15, -0.1) is 0 Å². The molecule has 0 fully saturated rings. The van der Waals surface area contributed by atoms with Crippen LogP contribution in [-0.2, 0) is 6.42 Å². The molecule has 2 aromatic heterocycles. The van der Waals surface area contributed by atoms with Crippen molar-refractivity contribution in [1.82, 2.24) is 9.03 Å². The molecule has 2 heterocycles. The van der Waals surface area contributed by atoms with Gasteiger partial charge in [0, 0.05) is 23.1 Å². The molecule has 27 heavy (non-hydrogen) atoms. The molecule has 0 aliphatic heterocycles. The molecule has 0 aliphatic carbocycles. The summed E-state index contributed by atoms with van der Waals surface area (Å²) in [4.78, 5) is 25.5. The molecule has 0 aliphatic rings. The lowest BCUT2D eigenvalue weighted by molar-refractivity contribution is 0.627. The Hall–Kier alpha value is -3.21. The predicted octanol–water partition coefficient (Wildman–Crippen LogP) is 3.92. The molecule has 0 unspecified atom stereocenters. The van der Waals surface area contributed by atoms with Gasteiger partial charge in [0.2, 0.25) is 0 Å². The van der Waals surface area contributed by atoms with Gasteiger partial charge in [0.05, 0.1) is 11.2 Å². The Morgan fingerprint density at radius 2 is 1.48 bits per heavy atom. The number of benzene rings is 2. The lowest BCUT2D eigenvalue weighted by atomic mass is 9.94. The van der Waals surface area contributed by atoms with E-state index in [1.54, 1.807) is 12.1 Å². The SMILES string of the molecule is CC(C)Cc1c(-c2ccc(F)cc2)n2c(=O)ccc(=O)n2c2ccccc12. The third-order valence-corrected chi connectivity index (χ3v) is 4.67. The summed E-state index contributed by atoms with van der Waals surface area (Å²) in [6.07, 6.45) is 0.721. The van der Waals surface area contributed by atoms with Crippen molar-refractivity contribution in [2.75, 3.05) is 0 Å². The van der Waals surface area contributed by atoms with Crippen molar-refractivity contribution >= 4 is 10.9 Å². The van der Waals surface area contributed by atoms with E-state index in [4.69, 9.17) is 0 Å². The Balaban J connectivity index is 2.31. The molecule has 4 aromatic rings. The fourth-order valence-electron chi connectivity index (χ4n) is 3.61. The van der Waals surface area contributed by atoms with E-state index in [2.05, 4.69) is 13.8 Å². The minimum Gasteiger partial charge on any atom is -0.267 e. The molecule has 0 atom stereocenters. The number of hydrogen-bond donors (Lipinski definition) is 0. The van der Waals surface area contributed by atoms with Crippen molar-refractivity contribution in [2.24, 2.45) is 5.92 Å². The van der Waals surface area contributed by atoms with Gasteiger partial charge < -0.3 is 0 Å². The highest BCUT2D eigenvalue weighted by atomic mass is 19.1. The smallest absolute Gasteiger partial charge is 0.267 e. The Kier molecular flexibility index (Phi) is 4.15. The molecule has 0 saturated carbocycles. The zero-order chi connectivity index (χ0) is 19.1. The summed E-state index contributed by atoms with van der Waals surface area (Å²) in [6.45, 7) is 4.21. The molecule has 5 heteroatoms. The fourth-order valence-corrected chi connectivity index (χ4v) is 3.61. The Bertz CT molecular complexity index is 1270. The second-order valence-corrected chi connectivity index (χ2v) is 7.08. The number of nitrogens with zero attached hydrogens (tertiary/aromatic N) is 2. The molecule has 136 valence electrons. The largest absolute Gasteiger partial charge is 0.270 e. The summed E-state index contributed by atoms with van der Waals surface area (Å²) in [7, 11) is 0. The summed E-state index contributed by atoms with van der Waals surface area (Å²) in [5, 5.41) is 0.915. The summed E-state index contributed by atoms with van der Waals surface area (Å²) in [6, 6.07) is 16.2. The van der Waals surface area contributed by atoms with Crippen molar-refractivity contribution in [2.45, 2.75) is 20.3 Å². The molecular weight excluding hydrogens is 343 g/mol. The predicted molar refractivity (Wildman–Crippen MR) is 105 cm³/mol. The van der Waals surface area contributed by atoms with E-state index in [9.17, 15) is 14.0 Å². The summed E-state index contributed by atoms with van der Waals surface area (Å²) in [5.74, 6) is -0.0139. The number of para-hydroxylation sites is 1. The van der Waals surface area contributed by atoms with Crippen LogP contribution in [0, 0.1) is 11.7 Å². The molecule has 0 radical (unpaired) electrons. The lowest BCUT2D eigenvalue weighted by Gasteiger charge is -2.20. The first-order valence-electron chi connectivity index (χ1n) is 8.92. The van der Waals surface area contributed by atoms with Gasteiger partial charge in [-0.25, -0.2) is 13.4 Å². The maximum atomic E-state index is 13.5. The Morgan fingerprint density at radius 1 is 0.852 bits per heavy atom. The molecule has 0 N–H and O–H groups in total. The van der Waals surface area contributed by atoms with Crippen molar-refractivity contribution in [3.05, 3.63) is 92.8 Å². The highest BCUT2D eigenvalue weighted by Crippen LogP contribution is 2.30. The first-order chi connectivity index (χ1) is 13.0. The molecular formula is C22H19FN2O2. The Labute approximate surface area is 155 Å². The first kappa shape index (κ1) is 17.2. The van der Waals surface area contributed by atoms with Gasteiger partial charge in [-0.3, -0.25) is 9.59 Å². The number of halogens is 1. The molecule has 0 amide bonds. The van der Waals surface area contributed by atoms with Crippen LogP contribution in [0.1, 0.15) is 19.4 Å². The van der Waals surface area contributed by atoms with Crippen molar-refractivity contribution in [3.63, 3.8) is 0 Å². The van der Waals surface area contributed by atoms with E-state index in [1.807, 2.05) is 24.3 Å². The number of aromatic nitrogens is 2. The summed E-state index contributed by atoms with van der Waals surface area (Å²) < 4.78 is 16.3. The monoisotopic (exact) mass is 362 g/mol. The van der Waals surface area contributed by atoms with Gasteiger partial charge in [-0.2, -0.15) is 0 Å². The average Bonchev–Trinajstić information content (AvgIpc) is 2.65. The maximum Gasteiger partial charge on any atom is 0.270 e. The van der Waals surface area contributed by atoms with E-state index < -0.39 is 0 Å². The van der Waals surface area contributed by atoms with Crippen LogP contribution in [0.4, 0.5) is 4.39 Å². The Morgan fingerprint density at radius 3 is 2.15 bits per heavy atom. The number of hydrogen-bond acceptors (Lipinski definition) is 2. The van der Waals surface area contributed by atoms with Crippen LogP contribution < -0.4 is 11.1 Å². The van der Waals surface area contributed by atoms with Gasteiger partial charge in [0.25, 0.3) is 11.1 Å². The first-order valence-corrected chi connectivity index (χ1v) is 8.92. The molecule has 2 aromatic carbocycles. The standard InChI is InChI=1S/C22H19FN2O2/c1-14(2)13-18-17-5-3-4-6-19(17)24-20(26)11-12-21(27)25(24)22(18)15-7-9-16(23)10-8-15/h3-12,14H,13H2,1-2H3. The molecule has 0 saturated heterocycles. The number of fused-ring (bicyclic) bond motifs is 3. The van der Waals surface area contributed by atoms with Crippen LogP contribution in [0.5, 0.6) is 0 Å². The van der Waals surface area contributed by atoms with Crippen LogP contribution >= 0.6 is 0 Å². The van der Waals surface area contributed by atoms with Gasteiger partial charge in [-0.1, -0.05) is 32.0 Å². The normalized spacial score (nSPS) is 11.6. The van der Waals surface area contributed by atoms with E-state index >= 15 is 0 Å².